The number of pyridine rings is 1. The van der Waals surface area contributed by atoms with Crippen molar-refractivity contribution in [3.63, 3.8) is 0 Å². The SMILES string of the molecule is O=C1CCCN2C(CC1)C[C@]13CN4CCCCC=CCC[C@](O)(C=C(c5nccc6c5[nH]c5ccccc56)[C@@H]1CC4)[C@H]23. The lowest BCUT2D eigenvalue weighted by atomic mass is 9.54. The number of carbonyl (C=O) groups excluding carboxylic acids is 1. The molecular formula is C36H44N4O2. The topological polar surface area (TPSA) is 72.5 Å². The highest BCUT2D eigenvalue weighted by Gasteiger charge is 2.66. The van der Waals surface area contributed by atoms with Crippen LogP contribution in [0.5, 0.6) is 0 Å². The van der Waals surface area contributed by atoms with E-state index in [1.807, 2.05) is 6.20 Å². The predicted molar refractivity (Wildman–Crippen MR) is 168 cm³/mol. The second kappa shape index (κ2) is 10.4. The summed E-state index contributed by atoms with van der Waals surface area (Å²) in [6.45, 7) is 4.16. The standard InChI is InChI=1S/C36H44N4O2/c41-26-10-9-20-40-25(13-14-26)22-35-24-39-19-8-4-2-1-3-7-17-36(42,34(35)40)23-29(30(35)16-21-39)32-33-28(15-18-37-32)27-11-5-6-12-31(27)38-33/h1,3,5-6,11-12,15,18,23,25,30,34,38,42H,2,4,7-10,13-14,16-17,19-22,24H2/t25?,30-,34+,35-,36-/m0/s1. The molecule has 3 saturated heterocycles. The molecule has 3 fully saturated rings. The van der Waals surface area contributed by atoms with Gasteiger partial charge >= 0.3 is 0 Å². The van der Waals surface area contributed by atoms with Crippen molar-refractivity contribution >= 4 is 33.2 Å². The number of H-pyrrole nitrogens is 1. The summed E-state index contributed by atoms with van der Waals surface area (Å²) >= 11 is 0. The quantitative estimate of drug-likeness (QED) is 0.342. The van der Waals surface area contributed by atoms with Crippen molar-refractivity contribution in [2.75, 3.05) is 26.2 Å². The van der Waals surface area contributed by atoms with Crippen LogP contribution in [-0.2, 0) is 4.79 Å². The highest BCUT2D eigenvalue weighted by Crippen LogP contribution is 2.62. The third-order valence-electron chi connectivity index (χ3n) is 11.5. The Morgan fingerprint density at radius 2 is 1.86 bits per heavy atom. The molecular weight excluding hydrogens is 520 g/mol. The van der Waals surface area contributed by atoms with Gasteiger partial charge in [0.05, 0.1) is 16.8 Å². The average molecular weight is 565 g/mol. The molecule has 42 heavy (non-hydrogen) atoms. The molecule has 1 aromatic carbocycles. The first-order chi connectivity index (χ1) is 20.6. The second-order valence-electron chi connectivity index (χ2n) is 13.9. The fraction of sp³-hybridized carbons (Fsp3) is 0.556. The zero-order valence-electron chi connectivity index (χ0n) is 24.7. The van der Waals surface area contributed by atoms with E-state index in [-0.39, 0.29) is 11.5 Å². The monoisotopic (exact) mass is 564 g/mol. The number of ketones is 1. The summed E-state index contributed by atoms with van der Waals surface area (Å²) in [6, 6.07) is 11.1. The van der Waals surface area contributed by atoms with Crippen LogP contribution < -0.4 is 0 Å². The van der Waals surface area contributed by atoms with E-state index in [2.05, 4.69) is 63.3 Å². The van der Waals surface area contributed by atoms with Gasteiger partial charge in [-0.3, -0.25) is 14.7 Å². The van der Waals surface area contributed by atoms with Gasteiger partial charge in [-0.2, -0.15) is 0 Å². The Morgan fingerprint density at radius 3 is 2.81 bits per heavy atom. The van der Waals surface area contributed by atoms with Gasteiger partial charge in [0.15, 0.2) is 0 Å². The van der Waals surface area contributed by atoms with Gasteiger partial charge in [0.25, 0.3) is 0 Å². The van der Waals surface area contributed by atoms with Crippen molar-refractivity contribution in [2.24, 2.45) is 11.3 Å². The number of rotatable bonds is 1. The predicted octanol–water partition coefficient (Wildman–Crippen LogP) is 6.26. The smallest absolute Gasteiger partial charge is 0.133 e. The molecule has 220 valence electrons. The van der Waals surface area contributed by atoms with Crippen molar-refractivity contribution in [1.29, 1.82) is 0 Å². The van der Waals surface area contributed by atoms with E-state index in [1.54, 1.807) is 0 Å². The van der Waals surface area contributed by atoms with Crippen LogP contribution in [0.1, 0.15) is 76.3 Å². The Balaban J connectivity index is 1.33. The summed E-state index contributed by atoms with van der Waals surface area (Å²) in [5.41, 5.74) is 3.47. The summed E-state index contributed by atoms with van der Waals surface area (Å²) < 4.78 is 0. The van der Waals surface area contributed by atoms with Gasteiger partial charge in [-0.1, -0.05) is 30.4 Å². The fourth-order valence-electron chi connectivity index (χ4n) is 9.86. The zero-order chi connectivity index (χ0) is 28.3. The first kappa shape index (κ1) is 26.8. The molecule has 2 N–H and O–H groups in total. The summed E-state index contributed by atoms with van der Waals surface area (Å²) in [4.78, 5) is 26.8. The van der Waals surface area contributed by atoms with Gasteiger partial charge in [-0.05, 0) is 107 Å². The number of allylic oxidation sites excluding steroid dienone is 3. The number of nitrogens with one attached hydrogen (secondary N) is 1. The van der Waals surface area contributed by atoms with E-state index >= 15 is 0 Å². The molecule has 3 bridgehead atoms. The second-order valence-corrected chi connectivity index (χ2v) is 13.9. The number of aromatic amines is 1. The molecule has 3 aromatic rings. The Hall–Kier alpha value is -2.80. The Labute approximate surface area is 248 Å². The van der Waals surface area contributed by atoms with E-state index in [4.69, 9.17) is 4.98 Å². The van der Waals surface area contributed by atoms with E-state index in [0.717, 1.165) is 87.9 Å². The number of Topliss-reactive ketones (excluding diaryl/α,β-unsaturated/α-hetero) is 1. The highest BCUT2D eigenvalue weighted by molar-refractivity contribution is 6.09. The lowest BCUT2D eigenvalue weighted by Gasteiger charge is -2.58. The minimum Gasteiger partial charge on any atom is -0.384 e. The lowest BCUT2D eigenvalue weighted by Crippen LogP contribution is -2.65. The number of carbonyl (C=O) groups is 1. The van der Waals surface area contributed by atoms with E-state index < -0.39 is 5.60 Å². The molecule has 5 aliphatic rings. The average Bonchev–Trinajstić information content (AvgIpc) is 3.51. The summed E-state index contributed by atoms with van der Waals surface area (Å²) in [6.07, 6.45) is 19.4. The number of benzene rings is 1. The number of hydrogen-bond acceptors (Lipinski definition) is 5. The van der Waals surface area contributed by atoms with Crippen LogP contribution in [0, 0.1) is 11.3 Å². The molecule has 1 spiro atoms. The number of hydrogen-bond donors (Lipinski definition) is 2. The number of aliphatic hydroxyl groups is 1. The Morgan fingerprint density at radius 1 is 0.952 bits per heavy atom. The summed E-state index contributed by atoms with van der Waals surface area (Å²) in [5, 5.41) is 15.5. The largest absolute Gasteiger partial charge is 0.384 e. The Kier molecular flexibility index (Phi) is 6.65. The molecule has 6 nitrogen and oxygen atoms in total. The van der Waals surface area contributed by atoms with Crippen molar-refractivity contribution in [1.82, 2.24) is 19.8 Å². The maximum atomic E-state index is 13.1. The molecule has 2 aromatic heterocycles. The number of fused-ring (bicyclic) bond motifs is 5. The first-order valence-corrected chi connectivity index (χ1v) is 16.5. The molecule has 2 unspecified atom stereocenters. The molecule has 6 atom stereocenters. The van der Waals surface area contributed by atoms with Gasteiger partial charge < -0.3 is 15.0 Å². The van der Waals surface area contributed by atoms with Crippen molar-refractivity contribution in [3.8, 4) is 0 Å². The molecule has 0 saturated carbocycles. The number of piperidine rings is 1. The number of aromatic nitrogens is 2. The third kappa shape index (κ3) is 4.24. The molecule has 1 aliphatic carbocycles. The van der Waals surface area contributed by atoms with Crippen molar-refractivity contribution in [2.45, 2.75) is 88.3 Å². The third-order valence-corrected chi connectivity index (χ3v) is 11.5. The van der Waals surface area contributed by atoms with E-state index in [9.17, 15) is 9.90 Å². The van der Waals surface area contributed by atoms with Gasteiger partial charge in [-0.25, -0.2) is 0 Å². The lowest BCUT2D eigenvalue weighted by molar-refractivity contribution is -0.120. The van der Waals surface area contributed by atoms with Crippen LogP contribution >= 0.6 is 0 Å². The molecule has 0 radical (unpaired) electrons. The zero-order valence-corrected chi connectivity index (χ0v) is 24.7. The molecule has 6 heterocycles. The summed E-state index contributed by atoms with van der Waals surface area (Å²) in [5.74, 6) is 0.744. The van der Waals surface area contributed by atoms with Crippen LogP contribution in [0.15, 0.2) is 54.8 Å². The van der Waals surface area contributed by atoms with Crippen LogP contribution in [-0.4, -0.2) is 74.5 Å². The van der Waals surface area contributed by atoms with E-state index in [1.165, 1.54) is 29.2 Å². The van der Waals surface area contributed by atoms with E-state index in [0.29, 0.717) is 30.6 Å². The fourth-order valence-corrected chi connectivity index (χ4v) is 9.86. The highest BCUT2D eigenvalue weighted by atomic mass is 16.3. The maximum Gasteiger partial charge on any atom is 0.133 e. The number of nitrogens with zero attached hydrogens (tertiary/aromatic N) is 3. The molecule has 6 heteroatoms. The Bertz CT molecular complexity index is 1570. The summed E-state index contributed by atoms with van der Waals surface area (Å²) in [7, 11) is 0. The van der Waals surface area contributed by atoms with Gasteiger partial charge in [0, 0.05) is 59.4 Å². The molecule has 8 rings (SSSR count). The van der Waals surface area contributed by atoms with Gasteiger partial charge in [-0.15, -0.1) is 0 Å². The van der Waals surface area contributed by atoms with Crippen LogP contribution in [0.2, 0.25) is 0 Å². The van der Waals surface area contributed by atoms with Gasteiger partial charge in [0.1, 0.15) is 5.78 Å². The molecule has 4 aliphatic heterocycles. The van der Waals surface area contributed by atoms with Crippen molar-refractivity contribution in [3.05, 3.63) is 60.5 Å². The van der Waals surface area contributed by atoms with Crippen LogP contribution in [0.4, 0.5) is 0 Å². The minimum atomic E-state index is -0.957. The number of para-hydroxylation sites is 1. The van der Waals surface area contributed by atoms with Crippen LogP contribution in [0.3, 0.4) is 0 Å². The normalized spacial score (nSPS) is 35.9. The van der Waals surface area contributed by atoms with Gasteiger partial charge in [0.2, 0.25) is 0 Å². The van der Waals surface area contributed by atoms with Crippen LogP contribution in [0.25, 0.3) is 27.4 Å². The minimum absolute atomic E-state index is 0.0656. The molecule has 0 amide bonds. The van der Waals surface area contributed by atoms with Crippen molar-refractivity contribution < 1.29 is 9.90 Å². The first-order valence-electron chi connectivity index (χ1n) is 16.5. The maximum absolute atomic E-state index is 13.1.